The molecule has 2 amide bonds. The summed E-state index contributed by atoms with van der Waals surface area (Å²) in [5.74, 6) is -1.10. The lowest BCUT2D eigenvalue weighted by Gasteiger charge is -2.28. The zero-order valence-corrected chi connectivity index (χ0v) is 18.4. The van der Waals surface area contributed by atoms with Crippen molar-refractivity contribution in [3.8, 4) is 0 Å². The summed E-state index contributed by atoms with van der Waals surface area (Å²) >= 11 is 0. The van der Waals surface area contributed by atoms with Crippen molar-refractivity contribution in [2.45, 2.75) is 54.0 Å². The minimum absolute atomic E-state index is 0.135. The van der Waals surface area contributed by atoms with E-state index < -0.39 is 18.5 Å². The molecule has 1 aromatic heterocycles. The summed E-state index contributed by atoms with van der Waals surface area (Å²) in [6.45, 7) is 10.3. The van der Waals surface area contributed by atoms with Crippen molar-refractivity contribution in [1.29, 1.82) is 0 Å². The molecule has 1 heterocycles. The van der Waals surface area contributed by atoms with E-state index in [1.807, 2.05) is 45.9 Å². The summed E-state index contributed by atoms with van der Waals surface area (Å²) in [6.07, 6.45) is 0.653. The summed E-state index contributed by atoms with van der Waals surface area (Å²) in [7, 11) is 0. The molecule has 30 heavy (non-hydrogen) atoms. The normalized spacial score (nSPS) is 11.7. The molecule has 8 nitrogen and oxygen atoms in total. The summed E-state index contributed by atoms with van der Waals surface area (Å²) in [4.78, 5) is 39.0. The molecule has 0 aliphatic heterocycles. The lowest BCUT2D eigenvalue weighted by atomic mass is 10.1. The topological polar surface area (TPSA) is 102 Å². The summed E-state index contributed by atoms with van der Waals surface area (Å²) in [5.41, 5.74) is 3.36. The van der Waals surface area contributed by atoms with E-state index in [1.54, 1.807) is 13.8 Å². The second kappa shape index (κ2) is 10.0. The Labute approximate surface area is 176 Å². The molecule has 1 atom stereocenters. The highest BCUT2D eigenvalue weighted by Gasteiger charge is 2.25. The molecule has 0 saturated heterocycles. The van der Waals surface area contributed by atoms with Crippen molar-refractivity contribution in [2.24, 2.45) is 0 Å². The van der Waals surface area contributed by atoms with Gasteiger partial charge in [-0.2, -0.15) is 0 Å². The molecule has 1 N–H and O–H groups in total. The van der Waals surface area contributed by atoms with Gasteiger partial charge in [0.25, 0.3) is 5.91 Å². The first-order valence-corrected chi connectivity index (χ1v) is 9.91. The van der Waals surface area contributed by atoms with Crippen molar-refractivity contribution in [1.82, 2.24) is 10.1 Å². The highest BCUT2D eigenvalue weighted by molar-refractivity contribution is 5.96. The molecular weight excluding hydrogens is 386 g/mol. The average molecular weight is 415 g/mol. The largest absolute Gasteiger partial charge is 0.452 e. The van der Waals surface area contributed by atoms with Crippen LogP contribution in [0.2, 0.25) is 0 Å². The van der Waals surface area contributed by atoms with Gasteiger partial charge in [0.2, 0.25) is 5.91 Å². The first kappa shape index (κ1) is 23.1. The van der Waals surface area contributed by atoms with Crippen molar-refractivity contribution in [3.05, 3.63) is 46.3 Å². The number of amides is 2. The third-order valence-electron chi connectivity index (χ3n) is 5.20. The molecule has 0 aliphatic carbocycles. The molecule has 0 fully saturated rings. The van der Waals surface area contributed by atoms with Gasteiger partial charge in [-0.1, -0.05) is 24.2 Å². The van der Waals surface area contributed by atoms with E-state index in [9.17, 15) is 14.4 Å². The maximum atomic E-state index is 12.7. The molecule has 8 heteroatoms. The van der Waals surface area contributed by atoms with Crippen molar-refractivity contribution in [3.63, 3.8) is 0 Å². The minimum Gasteiger partial charge on any atom is -0.452 e. The quantitative estimate of drug-likeness (QED) is 0.664. The number of esters is 1. The van der Waals surface area contributed by atoms with Crippen LogP contribution in [-0.2, 0) is 14.3 Å². The van der Waals surface area contributed by atoms with Gasteiger partial charge in [0.15, 0.2) is 6.61 Å². The Balaban J connectivity index is 2.03. The number of anilines is 1. The van der Waals surface area contributed by atoms with Crippen LogP contribution >= 0.6 is 0 Å². The number of hydrogen-bond acceptors (Lipinski definition) is 6. The number of carbonyl (C=O) groups is 3. The van der Waals surface area contributed by atoms with Crippen LogP contribution in [0.4, 0.5) is 5.69 Å². The van der Waals surface area contributed by atoms with Gasteiger partial charge in [0, 0.05) is 11.7 Å². The molecule has 0 saturated carbocycles. The Bertz CT molecular complexity index is 915. The lowest BCUT2D eigenvalue weighted by Crippen LogP contribution is -2.45. The van der Waals surface area contributed by atoms with Gasteiger partial charge in [-0.3, -0.25) is 9.59 Å². The predicted molar refractivity (Wildman–Crippen MR) is 112 cm³/mol. The Morgan fingerprint density at radius 1 is 1.20 bits per heavy atom. The number of hydrogen-bond donors (Lipinski definition) is 1. The fourth-order valence-corrected chi connectivity index (χ4v) is 3.00. The molecule has 2 aromatic rings. The third kappa shape index (κ3) is 5.46. The van der Waals surface area contributed by atoms with Crippen LogP contribution in [0.25, 0.3) is 0 Å². The highest BCUT2D eigenvalue weighted by atomic mass is 16.5. The van der Waals surface area contributed by atoms with Crippen molar-refractivity contribution in [2.75, 3.05) is 18.5 Å². The summed E-state index contributed by atoms with van der Waals surface area (Å²) < 4.78 is 10.1. The Kier molecular flexibility index (Phi) is 7.74. The molecule has 0 radical (unpaired) electrons. The van der Waals surface area contributed by atoms with Crippen LogP contribution in [0.15, 0.2) is 22.7 Å². The van der Waals surface area contributed by atoms with Crippen molar-refractivity contribution < 1.29 is 23.6 Å². The Morgan fingerprint density at radius 3 is 2.50 bits per heavy atom. The van der Waals surface area contributed by atoms with Gasteiger partial charge in [-0.25, -0.2) is 4.79 Å². The van der Waals surface area contributed by atoms with E-state index in [4.69, 9.17) is 9.26 Å². The number of benzene rings is 1. The number of nitrogens with one attached hydrogen (secondary N) is 1. The zero-order chi connectivity index (χ0) is 22.4. The average Bonchev–Trinajstić information content (AvgIpc) is 3.05. The van der Waals surface area contributed by atoms with E-state index in [0.29, 0.717) is 23.6 Å². The molecule has 0 unspecified atom stereocenters. The van der Waals surface area contributed by atoms with Crippen LogP contribution in [0.3, 0.4) is 0 Å². The van der Waals surface area contributed by atoms with Gasteiger partial charge in [-0.15, -0.1) is 0 Å². The molecule has 0 bridgehead atoms. The number of rotatable bonds is 8. The number of ether oxygens (including phenoxy) is 1. The second-order valence-corrected chi connectivity index (χ2v) is 7.35. The SMILES string of the molecule is CC[C@H](C)N(CC(=O)Nc1cccc(C)c1C)C(=O)COC(=O)c1c(C)noc1C. The van der Waals surface area contributed by atoms with E-state index in [-0.39, 0.29) is 24.1 Å². The van der Waals surface area contributed by atoms with E-state index in [1.165, 1.54) is 4.90 Å². The molecule has 2 rings (SSSR count). The number of nitrogens with zero attached hydrogens (tertiary/aromatic N) is 2. The highest BCUT2D eigenvalue weighted by Crippen LogP contribution is 2.18. The maximum Gasteiger partial charge on any atom is 0.344 e. The van der Waals surface area contributed by atoms with E-state index >= 15 is 0 Å². The van der Waals surface area contributed by atoms with Crippen LogP contribution in [0, 0.1) is 27.7 Å². The summed E-state index contributed by atoms with van der Waals surface area (Å²) in [5, 5.41) is 6.57. The number of aromatic nitrogens is 1. The van der Waals surface area contributed by atoms with Crippen molar-refractivity contribution >= 4 is 23.5 Å². The fourth-order valence-electron chi connectivity index (χ4n) is 3.00. The van der Waals surface area contributed by atoms with Gasteiger partial charge >= 0.3 is 5.97 Å². The standard InChI is InChI=1S/C22H29N3O5/c1-7-14(3)25(11-19(26)23-18-10-8-9-13(2)15(18)4)20(27)12-29-22(28)21-16(5)24-30-17(21)6/h8-10,14H,7,11-12H2,1-6H3,(H,23,26)/t14-/m0/s1. The third-order valence-corrected chi connectivity index (χ3v) is 5.20. The first-order chi connectivity index (χ1) is 14.1. The molecule has 0 spiro atoms. The van der Waals surface area contributed by atoms with Crippen LogP contribution in [-0.4, -0.2) is 47.0 Å². The number of aryl methyl sites for hydroxylation is 3. The van der Waals surface area contributed by atoms with E-state index in [2.05, 4.69) is 10.5 Å². The fraction of sp³-hybridized carbons (Fsp3) is 0.455. The predicted octanol–water partition coefficient (Wildman–Crippen LogP) is 3.33. The van der Waals surface area contributed by atoms with Gasteiger partial charge in [0.05, 0.1) is 5.69 Å². The zero-order valence-electron chi connectivity index (χ0n) is 18.4. The molecule has 1 aromatic carbocycles. The van der Waals surface area contributed by atoms with Gasteiger partial charge in [-0.05, 0) is 58.2 Å². The number of carbonyl (C=O) groups excluding carboxylic acids is 3. The second-order valence-electron chi connectivity index (χ2n) is 7.35. The molecular formula is C22H29N3O5. The van der Waals surface area contributed by atoms with Gasteiger partial charge in [0.1, 0.15) is 17.9 Å². The van der Waals surface area contributed by atoms with Crippen LogP contribution < -0.4 is 5.32 Å². The monoisotopic (exact) mass is 415 g/mol. The first-order valence-electron chi connectivity index (χ1n) is 9.91. The lowest BCUT2D eigenvalue weighted by molar-refractivity contribution is -0.139. The molecule has 0 aliphatic rings. The van der Waals surface area contributed by atoms with Gasteiger partial charge < -0.3 is 19.5 Å². The van der Waals surface area contributed by atoms with Crippen LogP contribution in [0.5, 0.6) is 0 Å². The van der Waals surface area contributed by atoms with E-state index in [0.717, 1.165) is 11.1 Å². The molecule has 162 valence electrons. The summed E-state index contributed by atoms with van der Waals surface area (Å²) in [6, 6.07) is 5.46. The van der Waals surface area contributed by atoms with Crippen LogP contribution in [0.1, 0.15) is 53.2 Å². The Morgan fingerprint density at radius 2 is 1.90 bits per heavy atom. The maximum absolute atomic E-state index is 12.7. The minimum atomic E-state index is -0.677. The Hall–Kier alpha value is -3.16. The smallest absolute Gasteiger partial charge is 0.344 e.